The SMILES string of the molecule is [C-]#[N+]/C=C1/CC[C@H]2[C@@H]3CC[C@@H]4C[C@](C)(O)CC[C@]4(C)[C@H]3CC[C@]12C. The van der Waals surface area contributed by atoms with Crippen molar-refractivity contribution in [3.05, 3.63) is 23.2 Å². The third-order valence-electron chi connectivity index (χ3n) is 9.02. The molecule has 0 unspecified atom stereocenters. The van der Waals surface area contributed by atoms with Gasteiger partial charge in [-0.3, -0.25) is 0 Å². The predicted molar refractivity (Wildman–Crippen MR) is 97.0 cm³/mol. The van der Waals surface area contributed by atoms with E-state index in [-0.39, 0.29) is 0 Å². The summed E-state index contributed by atoms with van der Waals surface area (Å²) >= 11 is 0. The highest BCUT2D eigenvalue weighted by Crippen LogP contribution is 2.67. The number of nitrogens with zero attached hydrogens (tertiary/aromatic N) is 1. The van der Waals surface area contributed by atoms with E-state index in [1.807, 2.05) is 6.20 Å². The van der Waals surface area contributed by atoms with Gasteiger partial charge in [-0.25, -0.2) is 4.85 Å². The Kier molecular flexibility index (Phi) is 3.70. The van der Waals surface area contributed by atoms with Crippen molar-refractivity contribution >= 4 is 0 Å². The number of hydrogen-bond donors (Lipinski definition) is 1. The molecule has 0 radical (unpaired) electrons. The standard InChI is InChI=1S/C22H33NO/c1-20(24)11-12-22(3)15(13-20)5-7-17-18-8-6-16(14-23-4)21(18,2)10-9-19(17)22/h14-15,17-19,24H,5-13H2,1-3H3/b16-14-/t15-,17+,18+,19+,20-,21-,22+/m1/s1. The largest absolute Gasteiger partial charge is 0.390 e. The van der Waals surface area contributed by atoms with Crippen molar-refractivity contribution in [2.75, 3.05) is 0 Å². The molecule has 2 heteroatoms. The summed E-state index contributed by atoms with van der Waals surface area (Å²) in [6.07, 6.45) is 12.8. The number of hydrogen-bond acceptors (Lipinski definition) is 1. The third kappa shape index (κ3) is 2.23. The van der Waals surface area contributed by atoms with Gasteiger partial charge in [-0.1, -0.05) is 19.4 Å². The van der Waals surface area contributed by atoms with Crippen LogP contribution in [0.3, 0.4) is 0 Å². The van der Waals surface area contributed by atoms with Gasteiger partial charge in [0.25, 0.3) is 0 Å². The first-order valence-corrected chi connectivity index (χ1v) is 10.1. The maximum atomic E-state index is 10.6. The van der Waals surface area contributed by atoms with Gasteiger partial charge in [-0.2, -0.15) is 0 Å². The Morgan fingerprint density at radius 2 is 1.83 bits per heavy atom. The molecule has 4 saturated carbocycles. The molecule has 1 N–H and O–H groups in total. The van der Waals surface area contributed by atoms with Crippen LogP contribution in [-0.4, -0.2) is 10.7 Å². The molecule has 2 nitrogen and oxygen atoms in total. The predicted octanol–water partition coefficient (Wildman–Crippen LogP) is 5.58. The lowest BCUT2D eigenvalue weighted by atomic mass is 9.44. The van der Waals surface area contributed by atoms with Crippen LogP contribution in [0.25, 0.3) is 4.85 Å². The molecule has 0 heterocycles. The average Bonchev–Trinajstić information content (AvgIpc) is 2.85. The van der Waals surface area contributed by atoms with E-state index in [9.17, 15) is 5.11 Å². The average molecular weight is 328 g/mol. The Bertz CT molecular complexity index is 600. The summed E-state index contributed by atoms with van der Waals surface area (Å²) in [5, 5.41) is 10.6. The highest BCUT2D eigenvalue weighted by atomic mass is 16.3. The molecule has 0 bridgehead atoms. The van der Waals surface area contributed by atoms with Gasteiger partial charge in [0.15, 0.2) is 6.20 Å². The van der Waals surface area contributed by atoms with Gasteiger partial charge in [0.1, 0.15) is 0 Å². The van der Waals surface area contributed by atoms with E-state index >= 15 is 0 Å². The molecule has 7 atom stereocenters. The molecule has 0 aromatic rings. The Labute approximate surface area is 147 Å². The summed E-state index contributed by atoms with van der Waals surface area (Å²) in [6.45, 7) is 14.3. The molecular weight excluding hydrogens is 294 g/mol. The van der Waals surface area contributed by atoms with E-state index in [2.05, 4.69) is 25.6 Å². The second-order valence-corrected chi connectivity index (χ2v) is 10.1. The molecule has 4 rings (SSSR count). The van der Waals surface area contributed by atoms with Crippen LogP contribution in [0.2, 0.25) is 0 Å². The summed E-state index contributed by atoms with van der Waals surface area (Å²) < 4.78 is 0. The Morgan fingerprint density at radius 3 is 2.58 bits per heavy atom. The number of allylic oxidation sites excluding steroid dienone is 1. The van der Waals surface area contributed by atoms with Crippen LogP contribution in [-0.2, 0) is 0 Å². The van der Waals surface area contributed by atoms with Gasteiger partial charge >= 0.3 is 0 Å². The van der Waals surface area contributed by atoms with Gasteiger partial charge in [-0.15, -0.1) is 0 Å². The highest BCUT2D eigenvalue weighted by molar-refractivity contribution is 5.25. The van der Waals surface area contributed by atoms with Crippen molar-refractivity contribution in [3.63, 3.8) is 0 Å². The molecular formula is C22H33NO. The zero-order valence-corrected chi connectivity index (χ0v) is 15.6. The van der Waals surface area contributed by atoms with Crippen LogP contribution in [0, 0.1) is 41.1 Å². The number of aliphatic hydroxyl groups is 1. The smallest absolute Gasteiger partial charge is 0.154 e. The van der Waals surface area contributed by atoms with Crippen molar-refractivity contribution < 1.29 is 5.11 Å². The zero-order valence-electron chi connectivity index (χ0n) is 15.6. The maximum Gasteiger partial charge on any atom is 0.154 e. The Morgan fingerprint density at radius 1 is 1.04 bits per heavy atom. The first-order chi connectivity index (χ1) is 11.3. The van der Waals surface area contributed by atoms with E-state index in [0.717, 1.165) is 37.0 Å². The van der Waals surface area contributed by atoms with Crippen LogP contribution >= 0.6 is 0 Å². The van der Waals surface area contributed by atoms with Crippen LogP contribution in [0.5, 0.6) is 0 Å². The molecule has 132 valence electrons. The van der Waals surface area contributed by atoms with E-state index in [0.29, 0.717) is 16.7 Å². The van der Waals surface area contributed by atoms with Crippen LogP contribution in [0.4, 0.5) is 0 Å². The molecule has 24 heavy (non-hydrogen) atoms. The molecule has 4 fully saturated rings. The summed E-state index contributed by atoms with van der Waals surface area (Å²) in [7, 11) is 0. The summed E-state index contributed by atoms with van der Waals surface area (Å²) in [6, 6.07) is 0. The van der Waals surface area contributed by atoms with E-state index in [1.165, 1.54) is 44.1 Å². The topological polar surface area (TPSA) is 24.6 Å². The monoisotopic (exact) mass is 327 g/mol. The van der Waals surface area contributed by atoms with Gasteiger partial charge in [0, 0.05) is 0 Å². The van der Waals surface area contributed by atoms with Crippen molar-refractivity contribution in [1.82, 2.24) is 0 Å². The fourth-order valence-electron chi connectivity index (χ4n) is 7.57. The van der Waals surface area contributed by atoms with Gasteiger partial charge in [-0.05, 0) is 99.2 Å². The Balaban J connectivity index is 1.62. The van der Waals surface area contributed by atoms with Crippen molar-refractivity contribution in [2.24, 2.45) is 34.5 Å². The quantitative estimate of drug-likeness (QED) is 0.577. The summed E-state index contributed by atoms with van der Waals surface area (Å²) in [4.78, 5) is 3.61. The maximum absolute atomic E-state index is 10.6. The fraction of sp³-hybridized carbons (Fsp3) is 0.864. The second-order valence-electron chi connectivity index (χ2n) is 10.1. The minimum atomic E-state index is -0.431. The number of fused-ring (bicyclic) bond motifs is 5. The normalized spacial score (nSPS) is 55.4. The zero-order chi connectivity index (χ0) is 17.2. The first-order valence-electron chi connectivity index (χ1n) is 10.1. The van der Waals surface area contributed by atoms with Crippen LogP contribution in [0.15, 0.2) is 11.8 Å². The molecule has 0 saturated heterocycles. The third-order valence-corrected chi connectivity index (χ3v) is 9.02. The fourth-order valence-corrected chi connectivity index (χ4v) is 7.57. The van der Waals surface area contributed by atoms with Crippen LogP contribution < -0.4 is 0 Å². The summed E-state index contributed by atoms with van der Waals surface area (Å²) in [5.41, 5.74) is 1.76. The van der Waals surface area contributed by atoms with E-state index in [4.69, 9.17) is 6.57 Å². The van der Waals surface area contributed by atoms with E-state index in [1.54, 1.807) is 0 Å². The minimum absolute atomic E-state index is 0.301. The van der Waals surface area contributed by atoms with Gasteiger partial charge in [0.05, 0.1) is 12.2 Å². The molecule has 0 spiro atoms. The molecule has 0 amide bonds. The molecule has 0 aromatic heterocycles. The summed E-state index contributed by atoms with van der Waals surface area (Å²) in [5.74, 6) is 3.21. The second kappa shape index (κ2) is 5.34. The molecule has 4 aliphatic rings. The Hall–Kier alpha value is -0.810. The molecule has 4 aliphatic carbocycles. The minimum Gasteiger partial charge on any atom is -0.390 e. The molecule has 0 aliphatic heterocycles. The molecule has 0 aromatic carbocycles. The van der Waals surface area contributed by atoms with Gasteiger partial charge < -0.3 is 5.11 Å². The van der Waals surface area contributed by atoms with Crippen LogP contribution in [0.1, 0.15) is 78.6 Å². The van der Waals surface area contributed by atoms with Crippen molar-refractivity contribution in [3.8, 4) is 0 Å². The number of rotatable bonds is 0. The lowest BCUT2D eigenvalue weighted by molar-refractivity contribution is -0.139. The highest BCUT2D eigenvalue weighted by Gasteiger charge is 2.59. The lowest BCUT2D eigenvalue weighted by Gasteiger charge is -2.61. The van der Waals surface area contributed by atoms with E-state index < -0.39 is 5.60 Å². The first kappa shape index (κ1) is 16.6. The van der Waals surface area contributed by atoms with Crippen molar-refractivity contribution in [2.45, 2.75) is 84.2 Å². The lowest BCUT2D eigenvalue weighted by Crippen LogP contribution is -2.55. The van der Waals surface area contributed by atoms with Gasteiger partial charge in [0.2, 0.25) is 0 Å². The van der Waals surface area contributed by atoms with Crippen molar-refractivity contribution in [1.29, 1.82) is 0 Å².